The maximum absolute atomic E-state index is 10.9. The first kappa shape index (κ1) is 21.3. The highest BCUT2D eigenvalue weighted by molar-refractivity contribution is 5.87. The van der Waals surface area contributed by atoms with Crippen molar-refractivity contribution in [1.29, 1.82) is 0 Å². The van der Waals surface area contributed by atoms with Gasteiger partial charge < -0.3 is 24.5 Å². The predicted molar refractivity (Wildman–Crippen MR) is 120 cm³/mol. The minimum atomic E-state index is -1.04. The number of fused-ring (bicyclic) bond motifs is 1. The van der Waals surface area contributed by atoms with Gasteiger partial charge in [0.1, 0.15) is 11.5 Å². The normalized spacial score (nSPS) is 11.2. The molecule has 0 aliphatic heterocycles. The van der Waals surface area contributed by atoms with E-state index in [1.54, 1.807) is 36.6 Å². The van der Waals surface area contributed by atoms with E-state index in [-0.39, 0.29) is 17.4 Å². The van der Waals surface area contributed by atoms with Crippen LogP contribution in [0.3, 0.4) is 0 Å². The third-order valence-electron chi connectivity index (χ3n) is 5.51. The molecule has 3 N–H and O–H groups in total. The molecule has 6 heteroatoms. The van der Waals surface area contributed by atoms with E-state index < -0.39 is 12.6 Å². The van der Waals surface area contributed by atoms with E-state index in [4.69, 9.17) is 14.3 Å². The van der Waals surface area contributed by atoms with Gasteiger partial charge in [0.05, 0.1) is 6.26 Å². The van der Waals surface area contributed by atoms with Crippen molar-refractivity contribution in [3.63, 3.8) is 0 Å². The molecule has 0 aliphatic carbocycles. The van der Waals surface area contributed by atoms with Crippen LogP contribution in [0, 0.1) is 6.92 Å². The summed E-state index contributed by atoms with van der Waals surface area (Å²) in [5, 5.41) is 29.2. The molecule has 1 aromatic heterocycles. The molecule has 1 heterocycles. The van der Waals surface area contributed by atoms with Crippen molar-refractivity contribution in [3.8, 4) is 17.2 Å². The van der Waals surface area contributed by atoms with Crippen LogP contribution in [0.5, 0.6) is 17.2 Å². The number of benzene rings is 3. The number of aromatic hydroxyl groups is 2. The lowest BCUT2D eigenvalue weighted by atomic mass is 9.86. The van der Waals surface area contributed by atoms with Gasteiger partial charge in [-0.25, -0.2) is 4.79 Å². The van der Waals surface area contributed by atoms with E-state index in [1.165, 1.54) is 0 Å². The number of carboxylic acids is 1. The number of furan rings is 1. The van der Waals surface area contributed by atoms with Gasteiger partial charge in [-0.05, 0) is 78.4 Å². The third kappa shape index (κ3) is 4.70. The Morgan fingerprint density at radius 2 is 1.56 bits per heavy atom. The number of carbonyl (C=O) groups is 1. The van der Waals surface area contributed by atoms with Crippen LogP contribution in [-0.4, -0.2) is 27.9 Å². The highest BCUT2D eigenvalue weighted by Crippen LogP contribution is 2.35. The second kappa shape index (κ2) is 9.06. The van der Waals surface area contributed by atoms with Gasteiger partial charge in [-0.2, -0.15) is 0 Å². The van der Waals surface area contributed by atoms with E-state index in [1.807, 2.05) is 37.3 Å². The summed E-state index contributed by atoms with van der Waals surface area (Å²) in [6.07, 6.45) is 3.17. The number of ether oxygens (including phenoxy) is 1. The highest BCUT2D eigenvalue weighted by Gasteiger charge is 2.18. The molecule has 0 saturated heterocycles. The summed E-state index contributed by atoms with van der Waals surface area (Å²) < 4.78 is 11.2. The first-order valence-electron chi connectivity index (χ1n) is 10.3. The molecule has 4 rings (SSSR count). The third-order valence-corrected chi connectivity index (χ3v) is 5.51. The van der Waals surface area contributed by atoms with Crippen LogP contribution in [0.4, 0.5) is 0 Å². The Balaban J connectivity index is 1.63. The fourth-order valence-corrected chi connectivity index (χ4v) is 3.97. The number of phenols is 2. The maximum Gasteiger partial charge on any atom is 0.341 e. The van der Waals surface area contributed by atoms with E-state index in [9.17, 15) is 15.0 Å². The maximum atomic E-state index is 10.9. The van der Waals surface area contributed by atoms with Crippen LogP contribution < -0.4 is 4.74 Å². The van der Waals surface area contributed by atoms with Gasteiger partial charge in [0.25, 0.3) is 0 Å². The summed E-state index contributed by atoms with van der Waals surface area (Å²) in [6, 6.07) is 18.1. The molecule has 32 heavy (non-hydrogen) atoms. The average Bonchev–Trinajstić information content (AvgIpc) is 3.17. The standard InChI is InChI=1S/C26H24O6/c1-16-12-23-19(14-32-26(23)24(13-16)31-15-25(29)30)6-11-22(17-2-7-20(27)8-3-17)18-4-9-21(28)10-5-18/h2-5,7-10,12-14,22,27-28H,6,11,15H2,1H3,(H,29,30). The molecule has 0 spiro atoms. The van der Waals surface area contributed by atoms with Gasteiger partial charge >= 0.3 is 5.97 Å². The summed E-state index contributed by atoms with van der Waals surface area (Å²) >= 11 is 0. The van der Waals surface area contributed by atoms with Crippen LogP contribution in [0.25, 0.3) is 11.0 Å². The Kier molecular flexibility index (Phi) is 6.03. The molecule has 0 radical (unpaired) electrons. The zero-order chi connectivity index (χ0) is 22.7. The quantitative estimate of drug-likeness (QED) is 0.346. The Morgan fingerprint density at radius 1 is 0.969 bits per heavy atom. The predicted octanol–water partition coefficient (Wildman–Crippen LogP) is 5.38. The lowest BCUT2D eigenvalue weighted by Crippen LogP contribution is -2.09. The summed E-state index contributed by atoms with van der Waals surface area (Å²) in [4.78, 5) is 10.9. The number of hydrogen-bond acceptors (Lipinski definition) is 5. The molecule has 6 nitrogen and oxygen atoms in total. The summed E-state index contributed by atoms with van der Waals surface area (Å²) in [5.74, 6) is -0.153. The van der Waals surface area contributed by atoms with Crippen molar-refractivity contribution in [2.45, 2.75) is 25.7 Å². The van der Waals surface area contributed by atoms with Crippen LogP contribution in [0.15, 0.2) is 71.3 Å². The van der Waals surface area contributed by atoms with Crippen molar-refractivity contribution < 1.29 is 29.3 Å². The molecule has 3 aromatic carbocycles. The van der Waals surface area contributed by atoms with Crippen LogP contribution in [-0.2, 0) is 11.2 Å². The lowest BCUT2D eigenvalue weighted by molar-refractivity contribution is -0.139. The van der Waals surface area contributed by atoms with Crippen LogP contribution in [0.1, 0.15) is 34.6 Å². The number of aliphatic carboxylic acids is 1. The topological polar surface area (TPSA) is 100 Å². The van der Waals surface area contributed by atoms with Crippen molar-refractivity contribution in [2.75, 3.05) is 6.61 Å². The number of hydrogen-bond donors (Lipinski definition) is 3. The largest absolute Gasteiger partial charge is 0.508 e. The molecule has 4 aromatic rings. The summed E-state index contributed by atoms with van der Waals surface area (Å²) in [5.41, 5.74) is 4.61. The summed E-state index contributed by atoms with van der Waals surface area (Å²) in [7, 11) is 0. The fraction of sp³-hybridized carbons (Fsp3) is 0.192. The molecule has 0 amide bonds. The first-order valence-corrected chi connectivity index (χ1v) is 10.3. The number of rotatable bonds is 8. The molecule has 0 aliphatic rings. The van der Waals surface area contributed by atoms with Crippen molar-refractivity contribution in [3.05, 3.63) is 89.2 Å². The minimum Gasteiger partial charge on any atom is -0.508 e. The monoisotopic (exact) mass is 432 g/mol. The number of aryl methyl sites for hydroxylation is 2. The molecule has 0 saturated carbocycles. The van der Waals surface area contributed by atoms with Gasteiger partial charge in [0, 0.05) is 11.3 Å². The minimum absolute atomic E-state index is 0.0497. The number of carboxylic acid groups (broad SMARTS) is 1. The van der Waals surface area contributed by atoms with Gasteiger partial charge in [0.2, 0.25) is 0 Å². The highest BCUT2D eigenvalue weighted by atomic mass is 16.5. The van der Waals surface area contributed by atoms with Crippen molar-refractivity contribution >= 4 is 16.9 Å². The molecule has 164 valence electrons. The van der Waals surface area contributed by atoms with Crippen molar-refractivity contribution in [1.82, 2.24) is 0 Å². The van der Waals surface area contributed by atoms with Crippen LogP contribution >= 0.6 is 0 Å². The summed E-state index contributed by atoms with van der Waals surface area (Å²) in [6.45, 7) is 1.50. The zero-order valence-corrected chi connectivity index (χ0v) is 17.6. The molecule has 0 fully saturated rings. The van der Waals surface area contributed by atoms with Gasteiger partial charge in [0.15, 0.2) is 17.9 Å². The Labute approximate surface area is 185 Å². The SMILES string of the molecule is Cc1cc(OCC(=O)O)c2occ(CCC(c3ccc(O)cc3)c3ccc(O)cc3)c2c1. The van der Waals surface area contributed by atoms with Crippen molar-refractivity contribution in [2.24, 2.45) is 0 Å². The van der Waals surface area contributed by atoms with E-state index in [0.29, 0.717) is 17.8 Å². The van der Waals surface area contributed by atoms with E-state index >= 15 is 0 Å². The van der Waals surface area contributed by atoms with E-state index in [2.05, 4.69) is 0 Å². The second-order valence-electron chi connectivity index (χ2n) is 7.86. The smallest absolute Gasteiger partial charge is 0.341 e. The Hall–Kier alpha value is -3.93. The number of phenolic OH excluding ortho intramolecular Hbond substituents is 2. The second-order valence-corrected chi connectivity index (χ2v) is 7.86. The van der Waals surface area contributed by atoms with Gasteiger partial charge in [-0.1, -0.05) is 24.3 Å². The Bertz CT molecular complexity index is 1180. The first-order chi connectivity index (χ1) is 15.4. The molecule has 0 unspecified atom stereocenters. The molecular weight excluding hydrogens is 408 g/mol. The Morgan fingerprint density at radius 3 is 2.12 bits per heavy atom. The van der Waals surface area contributed by atoms with E-state index in [0.717, 1.165) is 34.1 Å². The van der Waals surface area contributed by atoms with Gasteiger partial charge in [-0.15, -0.1) is 0 Å². The van der Waals surface area contributed by atoms with Crippen LogP contribution in [0.2, 0.25) is 0 Å². The lowest BCUT2D eigenvalue weighted by Gasteiger charge is -2.18. The molecular formula is C26H24O6. The average molecular weight is 432 g/mol. The molecule has 0 atom stereocenters. The zero-order valence-electron chi connectivity index (χ0n) is 17.6. The fourth-order valence-electron chi connectivity index (χ4n) is 3.97. The molecule has 0 bridgehead atoms. The van der Waals surface area contributed by atoms with Gasteiger partial charge in [-0.3, -0.25) is 0 Å².